The van der Waals surface area contributed by atoms with Crippen molar-refractivity contribution in [3.63, 3.8) is 0 Å². The van der Waals surface area contributed by atoms with E-state index in [9.17, 15) is 9.59 Å². The van der Waals surface area contributed by atoms with Crippen molar-refractivity contribution in [2.75, 3.05) is 13.6 Å². The van der Waals surface area contributed by atoms with E-state index in [0.29, 0.717) is 25.8 Å². The molecule has 1 rings (SSSR count). The molecule has 0 spiro atoms. The SMILES string of the molecule is CN1C(=O)CCC(NCCCCC(N)=NO)C1=O. The van der Waals surface area contributed by atoms with Gasteiger partial charge in [0.1, 0.15) is 5.84 Å². The number of likely N-dealkylation sites (tertiary alicyclic amines) is 1. The van der Waals surface area contributed by atoms with E-state index >= 15 is 0 Å². The molecule has 0 aromatic heterocycles. The first-order valence-electron chi connectivity index (χ1n) is 6.06. The zero-order valence-electron chi connectivity index (χ0n) is 10.6. The van der Waals surface area contributed by atoms with Crippen molar-refractivity contribution in [1.29, 1.82) is 0 Å². The van der Waals surface area contributed by atoms with E-state index in [1.54, 1.807) is 0 Å². The maximum atomic E-state index is 11.7. The Morgan fingerprint density at radius 1 is 1.56 bits per heavy atom. The highest BCUT2D eigenvalue weighted by Gasteiger charge is 2.30. The lowest BCUT2D eigenvalue weighted by atomic mass is 10.0. The van der Waals surface area contributed by atoms with Gasteiger partial charge < -0.3 is 16.3 Å². The van der Waals surface area contributed by atoms with Crippen molar-refractivity contribution >= 4 is 17.6 Å². The molecule has 4 N–H and O–H groups in total. The third-order valence-electron chi connectivity index (χ3n) is 3.03. The molecule has 1 saturated heterocycles. The Hall–Kier alpha value is -1.63. The summed E-state index contributed by atoms with van der Waals surface area (Å²) in [6.45, 7) is 0.678. The number of hydrogen-bond acceptors (Lipinski definition) is 5. The number of nitrogens with two attached hydrogens (primary N) is 1. The van der Waals surface area contributed by atoms with Crippen LogP contribution in [0.3, 0.4) is 0 Å². The molecule has 0 saturated carbocycles. The average Bonchev–Trinajstić information content (AvgIpc) is 2.37. The van der Waals surface area contributed by atoms with Crippen molar-refractivity contribution in [2.45, 2.75) is 38.1 Å². The summed E-state index contributed by atoms with van der Waals surface area (Å²) in [5.41, 5.74) is 5.33. The number of carbonyl (C=O) groups excluding carboxylic acids is 2. The predicted molar refractivity (Wildman–Crippen MR) is 66.1 cm³/mol. The first kappa shape index (κ1) is 14.4. The van der Waals surface area contributed by atoms with Crippen LogP contribution in [0, 0.1) is 0 Å². The Labute approximate surface area is 106 Å². The van der Waals surface area contributed by atoms with Gasteiger partial charge in [0, 0.05) is 19.9 Å². The van der Waals surface area contributed by atoms with Crippen LogP contribution in [0.4, 0.5) is 0 Å². The number of amidine groups is 1. The van der Waals surface area contributed by atoms with E-state index in [1.807, 2.05) is 0 Å². The van der Waals surface area contributed by atoms with Gasteiger partial charge in [-0.2, -0.15) is 0 Å². The van der Waals surface area contributed by atoms with Gasteiger partial charge >= 0.3 is 0 Å². The number of piperidine rings is 1. The van der Waals surface area contributed by atoms with Crippen LogP contribution < -0.4 is 11.1 Å². The molecule has 0 aromatic carbocycles. The second kappa shape index (κ2) is 6.95. The summed E-state index contributed by atoms with van der Waals surface area (Å²) in [5, 5.41) is 14.4. The minimum Gasteiger partial charge on any atom is -0.409 e. The summed E-state index contributed by atoms with van der Waals surface area (Å²) in [6.07, 6.45) is 3.12. The van der Waals surface area contributed by atoms with Crippen LogP contribution in [0.1, 0.15) is 32.1 Å². The lowest BCUT2D eigenvalue weighted by Gasteiger charge is -2.28. The second-order valence-electron chi connectivity index (χ2n) is 4.38. The van der Waals surface area contributed by atoms with Crippen LogP contribution in [-0.4, -0.2) is 47.4 Å². The molecule has 18 heavy (non-hydrogen) atoms. The lowest BCUT2D eigenvalue weighted by molar-refractivity contribution is -0.148. The van der Waals surface area contributed by atoms with Crippen LogP contribution in [0.25, 0.3) is 0 Å². The molecule has 102 valence electrons. The van der Waals surface area contributed by atoms with Gasteiger partial charge in [-0.3, -0.25) is 14.5 Å². The molecule has 0 bridgehead atoms. The average molecular weight is 256 g/mol. The molecule has 1 unspecified atom stereocenters. The zero-order valence-corrected chi connectivity index (χ0v) is 10.6. The molecule has 2 amide bonds. The number of hydrogen-bond donors (Lipinski definition) is 3. The molecular formula is C11H20N4O3. The van der Waals surface area contributed by atoms with E-state index in [1.165, 1.54) is 11.9 Å². The number of unbranched alkanes of at least 4 members (excludes halogenated alkanes) is 1. The van der Waals surface area contributed by atoms with Crippen LogP contribution in [0.15, 0.2) is 5.16 Å². The van der Waals surface area contributed by atoms with Gasteiger partial charge in [-0.1, -0.05) is 5.16 Å². The number of amides is 2. The number of oxime groups is 1. The first-order valence-corrected chi connectivity index (χ1v) is 6.06. The maximum absolute atomic E-state index is 11.7. The van der Waals surface area contributed by atoms with E-state index in [0.717, 1.165) is 12.8 Å². The third kappa shape index (κ3) is 3.99. The van der Waals surface area contributed by atoms with E-state index in [4.69, 9.17) is 10.9 Å². The molecule has 0 aromatic rings. The highest BCUT2D eigenvalue weighted by atomic mass is 16.4. The number of rotatable bonds is 6. The largest absolute Gasteiger partial charge is 0.409 e. The quantitative estimate of drug-likeness (QED) is 0.150. The van der Waals surface area contributed by atoms with Gasteiger partial charge in [0.2, 0.25) is 11.8 Å². The molecule has 0 aliphatic carbocycles. The monoisotopic (exact) mass is 256 g/mol. The molecule has 1 heterocycles. The summed E-state index contributed by atoms with van der Waals surface area (Å²) < 4.78 is 0. The fourth-order valence-electron chi connectivity index (χ4n) is 1.86. The van der Waals surface area contributed by atoms with Gasteiger partial charge in [-0.05, 0) is 25.8 Å². The molecular weight excluding hydrogens is 236 g/mol. The van der Waals surface area contributed by atoms with Gasteiger partial charge in [0.25, 0.3) is 0 Å². The minimum atomic E-state index is -0.267. The Kier molecular flexibility index (Phi) is 5.57. The Bertz CT molecular complexity index is 343. The van der Waals surface area contributed by atoms with E-state index in [2.05, 4.69) is 10.5 Å². The van der Waals surface area contributed by atoms with Crippen molar-refractivity contribution in [3.8, 4) is 0 Å². The van der Waals surface area contributed by atoms with Crippen LogP contribution in [0.2, 0.25) is 0 Å². The summed E-state index contributed by atoms with van der Waals surface area (Å²) in [6, 6.07) is -0.267. The summed E-state index contributed by atoms with van der Waals surface area (Å²) in [5.74, 6) is -0.0678. The third-order valence-corrected chi connectivity index (χ3v) is 3.03. The molecule has 7 nitrogen and oxygen atoms in total. The summed E-state index contributed by atoms with van der Waals surface area (Å²) in [4.78, 5) is 24.2. The van der Waals surface area contributed by atoms with Gasteiger partial charge in [0.15, 0.2) is 0 Å². The van der Waals surface area contributed by atoms with Gasteiger partial charge in [-0.25, -0.2) is 0 Å². The van der Waals surface area contributed by atoms with Crippen molar-refractivity contribution in [1.82, 2.24) is 10.2 Å². The predicted octanol–water partition coefficient (Wildman–Crippen LogP) is -0.360. The fourth-order valence-corrected chi connectivity index (χ4v) is 1.86. The highest BCUT2D eigenvalue weighted by Crippen LogP contribution is 2.11. The lowest BCUT2D eigenvalue weighted by Crippen LogP contribution is -2.51. The summed E-state index contributed by atoms with van der Waals surface area (Å²) in [7, 11) is 1.51. The topological polar surface area (TPSA) is 108 Å². The molecule has 1 fully saturated rings. The van der Waals surface area contributed by atoms with Gasteiger partial charge in [0.05, 0.1) is 6.04 Å². The summed E-state index contributed by atoms with van der Waals surface area (Å²) >= 11 is 0. The molecule has 0 radical (unpaired) electrons. The zero-order chi connectivity index (χ0) is 13.5. The van der Waals surface area contributed by atoms with Crippen LogP contribution in [0.5, 0.6) is 0 Å². The van der Waals surface area contributed by atoms with Crippen molar-refractivity contribution < 1.29 is 14.8 Å². The molecule has 1 atom stereocenters. The Morgan fingerprint density at radius 2 is 2.28 bits per heavy atom. The number of carbonyl (C=O) groups is 2. The fraction of sp³-hybridized carbons (Fsp3) is 0.727. The number of imide groups is 1. The van der Waals surface area contributed by atoms with Crippen molar-refractivity contribution in [2.24, 2.45) is 10.9 Å². The number of nitrogens with zero attached hydrogens (tertiary/aromatic N) is 2. The first-order chi connectivity index (χ1) is 8.56. The van der Waals surface area contributed by atoms with Crippen LogP contribution >= 0.6 is 0 Å². The Balaban J connectivity index is 2.20. The molecule has 1 aliphatic heterocycles. The van der Waals surface area contributed by atoms with Gasteiger partial charge in [-0.15, -0.1) is 0 Å². The van der Waals surface area contributed by atoms with E-state index in [-0.39, 0.29) is 23.7 Å². The maximum Gasteiger partial charge on any atom is 0.246 e. The highest BCUT2D eigenvalue weighted by molar-refractivity contribution is 6.00. The van der Waals surface area contributed by atoms with E-state index < -0.39 is 0 Å². The number of likely N-dealkylation sites (N-methyl/N-ethyl adjacent to an activating group) is 1. The minimum absolute atomic E-state index is 0.120. The molecule has 7 heteroatoms. The van der Waals surface area contributed by atoms with Crippen molar-refractivity contribution in [3.05, 3.63) is 0 Å². The second-order valence-corrected chi connectivity index (χ2v) is 4.38. The van der Waals surface area contributed by atoms with Crippen LogP contribution in [-0.2, 0) is 9.59 Å². The standard InChI is InChI=1S/C11H20N4O3/c1-15-10(16)6-5-8(11(15)17)13-7-3-2-4-9(12)14-18/h8,13,18H,2-7H2,1H3,(H2,12,14). The molecule has 1 aliphatic rings. The normalized spacial score (nSPS) is 21.5. The Morgan fingerprint density at radius 3 is 2.94 bits per heavy atom. The smallest absolute Gasteiger partial charge is 0.246 e. The number of nitrogens with one attached hydrogen (secondary N) is 1.